The number of carbonyl (C=O) groups is 2. The Hall–Kier alpha value is -4.05. The van der Waals surface area contributed by atoms with Gasteiger partial charge in [-0.25, -0.2) is 8.42 Å². The van der Waals surface area contributed by atoms with Crippen LogP contribution in [0.2, 0.25) is 0 Å². The molecule has 2 amide bonds. The van der Waals surface area contributed by atoms with Crippen molar-refractivity contribution >= 4 is 27.5 Å². The number of rotatable bonds is 11. The number of benzene rings is 3. The molecule has 1 N–H and O–H groups in total. The van der Waals surface area contributed by atoms with E-state index in [0.29, 0.717) is 17.9 Å². The molecule has 2 aliphatic rings. The first-order valence-electron chi connectivity index (χ1n) is 14.2. The SMILES string of the molecule is Cc1ccccc1CN(C(=O)CN(c1ccc2c(c1)OCO2)S(C)(=O)=O)[C@@H](Cc1ccccc1)C(=O)NC1CCCC1. The lowest BCUT2D eigenvalue weighted by Gasteiger charge is -2.34. The van der Waals surface area contributed by atoms with Gasteiger partial charge in [-0.2, -0.15) is 0 Å². The summed E-state index contributed by atoms with van der Waals surface area (Å²) in [6.45, 7) is 1.67. The van der Waals surface area contributed by atoms with Gasteiger partial charge in [0.2, 0.25) is 28.6 Å². The quantitative estimate of drug-likeness (QED) is 0.359. The predicted octanol–water partition coefficient (Wildman–Crippen LogP) is 4.19. The zero-order valence-electron chi connectivity index (χ0n) is 24.0. The van der Waals surface area contributed by atoms with Crippen molar-refractivity contribution < 1.29 is 27.5 Å². The van der Waals surface area contributed by atoms with E-state index in [4.69, 9.17) is 9.47 Å². The topological polar surface area (TPSA) is 105 Å². The van der Waals surface area contributed by atoms with Crippen LogP contribution in [0.25, 0.3) is 0 Å². The maximum atomic E-state index is 14.3. The molecular formula is C32H37N3O6S. The highest BCUT2D eigenvalue weighted by molar-refractivity contribution is 7.92. The summed E-state index contributed by atoms with van der Waals surface area (Å²) >= 11 is 0. The summed E-state index contributed by atoms with van der Waals surface area (Å²) in [6, 6.07) is 21.2. The highest BCUT2D eigenvalue weighted by Crippen LogP contribution is 2.36. The molecule has 0 saturated heterocycles. The van der Waals surface area contributed by atoms with Crippen LogP contribution < -0.4 is 19.1 Å². The molecule has 0 bridgehead atoms. The fourth-order valence-electron chi connectivity index (χ4n) is 5.55. The Balaban J connectivity index is 1.51. The summed E-state index contributed by atoms with van der Waals surface area (Å²) in [6.07, 6.45) is 5.27. The molecule has 1 saturated carbocycles. The van der Waals surface area contributed by atoms with Crippen LogP contribution in [-0.2, 0) is 32.6 Å². The van der Waals surface area contributed by atoms with Crippen molar-refractivity contribution in [3.8, 4) is 11.5 Å². The van der Waals surface area contributed by atoms with E-state index in [1.54, 1.807) is 18.2 Å². The maximum Gasteiger partial charge on any atom is 0.244 e. The standard InChI is InChI=1S/C32H37N3O6S/c1-23-10-6-7-13-25(23)20-34(28(18-24-11-4-3-5-12-24)32(37)33-26-14-8-9-15-26)31(36)21-35(42(2,38)39)27-16-17-29-30(19-27)41-22-40-29/h3-7,10-13,16-17,19,26,28H,8-9,14-15,18,20-22H2,1-2H3,(H,33,37)/t28-/m0/s1. The average molecular weight is 592 g/mol. The highest BCUT2D eigenvalue weighted by Gasteiger charge is 2.34. The van der Waals surface area contributed by atoms with Gasteiger partial charge in [-0.15, -0.1) is 0 Å². The monoisotopic (exact) mass is 591 g/mol. The fourth-order valence-corrected chi connectivity index (χ4v) is 6.39. The second-order valence-corrected chi connectivity index (χ2v) is 12.9. The summed E-state index contributed by atoms with van der Waals surface area (Å²) in [7, 11) is -3.88. The Bertz CT molecular complexity index is 1520. The van der Waals surface area contributed by atoms with Gasteiger partial charge in [-0.1, -0.05) is 67.4 Å². The van der Waals surface area contributed by atoms with Crippen molar-refractivity contribution in [2.45, 2.75) is 57.7 Å². The minimum Gasteiger partial charge on any atom is -0.454 e. The van der Waals surface area contributed by atoms with Crippen molar-refractivity contribution in [1.82, 2.24) is 10.2 Å². The number of anilines is 1. The molecular weight excluding hydrogens is 554 g/mol. The summed E-state index contributed by atoms with van der Waals surface area (Å²) in [4.78, 5) is 29.8. The summed E-state index contributed by atoms with van der Waals surface area (Å²) < 4.78 is 37.9. The van der Waals surface area contributed by atoms with Crippen molar-refractivity contribution in [2.75, 3.05) is 23.9 Å². The van der Waals surface area contributed by atoms with E-state index in [0.717, 1.165) is 52.9 Å². The Kier molecular flexibility index (Phi) is 9.01. The second-order valence-electron chi connectivity index (χ2n) is 11.0. The van der Waals surface area contributed by atoms with E-state index >= 15 is 0 Å². The minimum atomic E-state index is -3.88. The minimum absolute atomic E-state index is 0.0398. The Morgan fingerprint density at radius 2 is 1.64 bits per heavy atom. The largest absolute Gasteiger partial charge is 0.454 e. The molecule has 5 rings (SSSR count). The zero-order chi connectivity index (χ0) is 29.7. The number of nitrogens with zero attached hydrogens (tertiary/aromatic N) is 2. The molecule has 0 spiro atoms. The molecule has 1 aliphatic heterocycles. The Morgan fingerprint density at radius 1 is 0.952 bits per heavy atom. The molecule has 42 heavy (non-hydrogen) atoms. The lowest BCUT2D eigenvalue weighted by atomic mass is 10.0. The number of carbonyl (C=O) groups excluding carboxylic acids is 2. The fraction of sp³-hybridized carbons (Fsp3) is 0.375. The normalized spacial score (nSPS) is 15.3. The number of sulfonamides is 1. The van der Waals surface area contributed by atoms with Gasteiger partial charge in [0, 0.05) is 25.1 Å². The van der Waals surface area contributed by atoms with Gasteiger partial charge in [0.05, 0.1) is 11.9 Å². The molecule has 1 atom stereocenters. The average Bonchev–Trinajstić information content (AvgIpc) is 3.66. The van der Waals surface area contributed by atoms with Gasteiger partial charge in [-0.3, -0.25) is 13.9 Å². The Labute approximate surface area is 247 Å². The third kappa shape index (κ3) is 7.05. The van der Waals surface area contributed by atoms with Crippen LogP contribution in [0.5, 0.6) is 11.5 Å². The first-order valence-corrected chi connectivity index (χ1v) is 16.1. The van der Waals surface area contributed by atoms with Crippen LogP contribution >= 0.6 is 0 Å². The molecule has 0 radical (unpaired) electrons. The third-order valence-corrected chi connectivity index (χ3v) is 9.04. The molecule has 3 aromatic rings. The predicted molar refractivity (Wildman–Crippen MR) is 161 cm³/mol. The summed E-state index contributed by atoms with van der Waals surface area (Å²) in [5.41, 5.74) is 3.04. The van der Waals surface area contributed by atoms with Crippen molar-refractivity contribution in [3.63, 3.8) is 0 Å². The van der Waals surface area contributed by atoms with Gasteiger partial charge in [0.1, 0.15) is 12.6 Å². The van der Waals surface area contributed by atoms with Crippen molar-refractivity contribution in [1.29, 1.82) is 0 Å². The van der Waals surface area contributed by atoms with Gasteiger partial charge in [-0.05, 0) is 48.6 Å². The number of amides is 2. The number of hydrogen-bond donors (Lipinski definition) is 1. The zero-order valence-corrected chi connectivity index (χ0v) is 24.8. The summed E-state index contributed by atoms with van der Waals surface area (Å²) in [5.74, 6) is 0.194. The van der Waals surface area contributed by atoms with Gasteiger partial charge >= 0.3 is 0 Å². The lowest BCUT2D eigenvalue weighted by molar-refractivity contribution is -0.140. The number of nitrogens with one attached hydrogen (secondary N) is 1. The molecule has 3 aromatic carbocycles. The van der Waals surface area contributed by atoms with Crippen LogP contribution in [0.3, 0.4) is 0 Å². The highest BCUT2D eigenvalue weighted by atomic mass is 32.2. The smallest absolute Gasteiger partial charge is 0.244 e. The molecule has 1 fully saturated rings. The van der Waals surface area contributed by atoms with E-state index in [1.807, 2.05) is 61.5 Å². The first-order chi connectivity index (χ1) is 20.2. The summed E-state index contributed by atoms with van der Waals surface area (Å²) in [5, 5.41) is 3.18. The van der Waals surface area contributed by atoms with E-state index in [1.165, 1.54) is 4.90 Å². The Morgan fingerprint density at radius 3 is 2.36 bits per heavy atom. The van der Waals surface area contributed by atoms with Crippen molar-refractivity contribution in [2.24, 2.45) is 0 Å². The van der Waals surface area contributed by atoms with Gasteiger partial charge in [0.25, 0.3) is 0 Å². The maximum absolute atomic E-state index is 14.3. The number of fused-ring (bicyclic) bond motifs is 1. The van der Waals surface area contributed by atoms with Crippen LogP contribution in [-0.4, -0.2) is 56.8 Å². The molecule has 1 heterocycles. The molecule has 0 aromatic heterocycles. The lowest BCUT2D eigenvalue weighted by Crippen LogP contribution is -2.54. The van der Waals surface area contributed by atoms with Crippen LogP contribution in [0.4, 0.5) is 5.69 Å². The van der Waals surface area contributed by atoms with Gasteiger partial charge in [0.15, 0.2) is 11.5 Å². The first kappa shape index (κ1) is 29.4. The van der Waals surface area contributed by atoms with E-state index in [-0.39, 0.29) is 31.0 Å². The van der Waals surface area contributed by atoms with Gasteiger partial charge < -0.3 is 19.7 Å². The van der Waals surface area contributed by atoms with Crippen molar-refractivity contribution in [3.05, 3.63) is 89.5 Å². The van der Waals surface area contributed by atoms with E-state index < -0.39 is 28.5 Å². The van der Waals surface area contributed by atoms with E-state index in [9.17, 15) is 18.0 Å². The number of aryl methyl sites for hydroxylation is 1. The molecule has 10 heteroatoms. The molecule has 0 unspecified atom stereocenters. The number of hydrogen-bond acceptors (Lipinski definition) is 6. The van der Waals surface area contributed by atoms with Crippen LogP contribution in [0.1, 0.15) is 42.4 Å². The van der Waals surface area contributed by atoms with Crippen LogP contribution in [0.15, 0.2) is 72.8 Å². The van der Waals surface area contributed by atoms with E-state index in [2.05, 4.69) is 5.32 Å². The third-order valence-electron chi connectivity index (χ3n) is 7.90. The van der Waals surface area contributed by atoms with Crippen LogP contribution in [0, 0.1) is 6.92 Å². The second kappa shape index (κ2) is 12.9. The molecule has 222 valence electrons. The molecule has 9 nitrogen and oxygen atoms in total. The number of ether oxygens (including phenoxy) is 2. The molecule has 1 aliphatic carbocycles.